The Bertz CT molecular complexity index is 348. The topological polar surface area (TPSA) is 15.3 Å². The molecule has 2 aliphatic heterocycles. The summed E-state index contributed by atoms with van der Waals surface area (Å²) in [6, 6.07) is 0. The second-order valence-electron chi connectivity index (χ2n) is 6.28. The monoisotopic (exact) mass is 340 g/mol. The minimum atomic E-state index is -5.26. The summed E-state index contributed by atoms with van der Waals surface area (Å²) in [5.74, 6) is 0. The molecule has 2 fully saturated rings. The largest absolute Gasteiger partial charge is 0.404 e. The maximum absolute atomic E-state index is 12.9. The van der Waals surface area contributed by atoms with Crippen LogP contribution in [-0.4, -0.2) is 50.0 Å². The highest BCUT2D eigenvalue weighted by Gasteiger charge is 2.72. The van der Waals surface area contributed by atoms with E-state index in [9.17, 15) is 26.3 Å². The molecule has 2 rings (SSSR count). The average Bonchev–Trinajstić information content (AvgIpc) is 2.84. The van der Waals surface area contributed by atoms with Crippen LogP contribution < -0.4 is 5.32 Å². The number of rotatable bonds is 2. The minimum Gasteiger partial charge on any atom is -0.316 e. The van der Waals surface area contributed by atoms with Crippen LogP contribution in [0.3, 0.4) is 0 Å². The van der Waals surface area contributed by atoms with Crippen LogP contribution in [0.5, 0.6) is 0 Å². The Morgan fingerprint density at radius 1 is 1.05 bits per heavy atom. The van der Waals surface area contributed by atoms with Gasteiger partial charge in [0.2, 0.25) is 0 Å². The quantitative estimate of drug-likeness (QED) is 0.776. The van der Waals surface area contributed by atoms with E-state index in [2.05, 4.69) is 5.32 Å². The van der Waals surface area contributed by atoms with E-state index in [1.54, 1.807) is 0 Å². The second kappa shape index (κ2) is 5.77. The summed E-state index contributed by atoms with van der Waals surface area (Å²) in [4.78, 5) is 1.31. The Labute approximate surface area is 125 Å². The van der Waals surface area contributed by atoms with E-state index >= 15 is 0 Å². The van der Waals surface area contributed by atoms with Gasteiger partial charge < -0.3 is 10.2 Å². The van der Waals surface area contributed by atoms with Crippen molar-refractivity contribution in [3.8, 4) is 0 Å². The first-order valence-electron chi connectivity index (χ1n) is 6.56. The van der Waals surface area contributed by atoms with Gasteiger partial charge in [-0.1, -0.05) is 6.92 Å². The molecular formula is C12H19ClF6N2. The Balaban J connectivity index is 0.00000220. The van der Waals surface area contributed by atoms with E-state index < -0.39 is 30.7 Å². The summed E-state index contributed by atoms with van der Waals surface area (Å²) in [5.41, 5.74) is -3.81. The molecular weight excluding hydrogens is 322 g/mol. The lowest BCUT2D eigenvalue weighted by Crippen LogP contribution is -2.52. The lowest BCUT2D eigenvalue weighted by atomic mass is 9.85. The van der Waals surface area contributed by atoms with Crippen LogP contribution in [0.2, 0.25) is 0 Å². The zero-order chi connectivity index (χ0) is 15.2. The van der Waals surface area contributed by atoms with E-state index in [0.29, 0.717) is 6.54 Å². The third kappa shape index (κ3) is 3.42. The predicted molar refractivity (Wildman–Crippen MR) is 68.4 cm³/mol. The zero-order valence-electron chi connectivity index (χ0n) is 11.6. The smallest absolute Gasteiger partial charge is 0.316 e. The summed E-state index contributed by atoms with van der Waals surface area (Å²) >= 11 is 0. The summed E-state index contributed by atoms with van der Waals surface area (Å²) in [6.07, 6.45) is -10.6. The first-order valence-corrected chi connectivity index (χ1v) is 6.56. The Morgan fingerprint density at radius 3 is 2.00 bits per heavy atom. The highest BCUT2D eigenvalue weighted by molar-refractivity contribution is 5.85. The Hall–Kier alpha value is -0.210. The van der Waals surface area contributed by atoms with Gasteiger partial charge >= 0.3 is 12.4 Å². The van der Waals surface area contributed by atoms with Crippen molar-refractivity contribution in [1.82, 2.24) is 10.2 Å². The molecule has 0 saturated carbocycles. The van der Waals surface area contributed by atoms with E-state index in [1.165, 1.54) is 4.90 Å². The van der Waals surface area contributed by atoms with Crippen molar-refractivity contribution in [3.63, 3.8) is 0 Å². The molecule has 126 valence electrons. The standard InChI is InChI=1S/C12H18F6N2.ClH/c1-9(2-4-19-6-9)7-20-5-3-10(8-20,11(13,14)15)12(16,17)18;/h19H,2-8H2,1H3;1H. The van der Waals surface area contributed by atoms with Crippen LogP contribution in [0.1, 0.15) is 19.8 Å². The molecule has 0 aromatic carbocycles. The molecule has 2 nitrogen and oxygen atoms in total. The molecule has 2 aliphatic rings. The minimum absolute atomic E-state index is 0. The fourth-order valence-electron chi connectivity index (χ4n) is 3.19. The summed E-state index contributed by atoms with van der Waals surface area (Å²) in [5, 5.41) is 3.10. The van der Waals surface area contributed by atoms with Gasteiger partial charge in [-0.25, -0.2) is 0 Å². The predicted octanol–water partition coefficient (Wildman–Crippen LogP) is 3.22. The first-order chi connectivity index (χ1) is 8.99. The summed E-state index contributed by atoms with van der Waals surface area (Å²) in [7, 11) is 0. The lowest BCUT2D eigenvalue weighted by Gasteiger charge is -2.35. The molecule has 0 aromatic heterocycles. The van der Waals surface area contributed by atoms with Crippen LogP contribution in [0.25, 0.3) is 0 Å². The summed E-state index contributed by atoms with van der Waals surface area (Å²) < 4.78 is 77.6. The fraction of sp³-hybridized carbons (Fsp3) is 1.00. The van der Waals surface area contributed by atoms with Crippen LogP contribution >= 0.6 is 12.4 Å². The number of likely N-dealkylation sites (tertiary alicyclic amines) is 1. The highest BCUT2D eigenvalue weighted by atomic mass is 35.5. The van der Waals surface area contributed by atoms with Gasteiger partial charge in [0.25, 0.3) is 0 Å². The van der Waals surface area contributed by atoms with Crippen molar-refractivity contribution in [2.45, 2.75) is 32.1 Å². The number of nitrogens with one attached hydrogen (secondary N) is 1. The van der Waals surface area contributed by atoms with Crippen LogP contribution in [0.15, 0.2) is 0 Å². The van der Waals surface area contributed by atoms with Gasteiger partial charge in [0.15, 0.2) is 5.41 Å². The van der Waals surface area contributed by atoms with Gasteiger partial charge in [-0.05, 0) is 31.3 Å². The first kappa shape index (κ1) is 18.8. The van der Waals surface area contributed by atoms with Crippen LogP contribution in [0, 0.1) is 10.8 Å². The molecule has 9 heteroatoms. The normalized spacial score (nSPS) is 30.4. The molecule has 1 atom stereocenters. The van der Waals surface area contributed by atoms with Crippen molar-refractivity contribution in [2.75, 3.05) is 32.7 Å². The van der Waals surface area contributed by atoms with Gasteiger partial charge in [0.1, 0.15) is 0 Å². The maximum Gasteiger partial charge on any atom is 0.404 e. The van der Waals surface area contributed by atoms with Gasteiger partial charge in [0.05, 0.1) is 0 Å². The van der Waals surface area contributed by atoms with E-state index in [-0.39, 0.29) is 30.9 Å². The molecule has 1 unspecified atom stereocenters. The molecule has 0 amide bonds. The van der Waals surface area contributed by atoms with Gasteiger partial charge in [-0.3, -0.25) is 0 Å². The Morgan fingerprint density at radius 2 is 1.62 bits per heavy atom. The third-order valence-corrected chi connectivity index (χ3v) is 4.50. The molecule has 0 bridgehead atoms. The maximum atomic E-state index is 12.9. The van der Waals surface area contributed by atoms with Crippen molar-refractivity contribution < 1.29 is 26.3 Å². The number of hydrogen-bond acceptors (Lipinski definition) is 2. The van der Waals surface area contributed by atoms with Crippen molar-refractivity contribution in [1.29, 1.82) is 0 Å². The van der Waals surface area contributed by atoms with Crippen LogP contribution in [-0.2, 0) is 0 Å². The summed E-state index contributed by atoms with van der Waals surface area (Å²) in [6.45, 7) is 2.43. The SMILES string of the molecule is CC1(CN2CCC(C(F)(F)F)(C(F)(F)F)C2)CCNC1.Cl. The second-order valence-corrected chi connectivity index (χ2v) is 6.28. The molecule has 0 radical (unpaired) electrons. The third-order valence-electron chi connectivity index (χ3n) is 4.50. The van der Waals surface area contributed by atoms with Crippen molar-refractivity contribution in [3.05, 3.63) is 0 Å². The molecule has 2 heterocycles. The molecule has 2 saturated heterocycles. The number of hydrogen-bond donors (Lipinski definition) is 1. The fourth-order valence-corrected chi connectivity index (χ4v) is 3.19. The number of alkyl halides is 6. The molecule has 1 N–H and O–H groups in total. The van der Waals surface area contributed by atoms with Crippen molar-refractivity contribution in [2.24, 2.45) is 10.8 Å². The highest BCUT2D eigenvalue weighted by Crippen LogP contribution is 2.55. The molecule has 21 heavy (non-hydrogen) atoms. The van der Waals surface area contributed by atoms with E-state index in [0.717, 1.165) is 13.0 Å². The van der Waals surface area contributed by atoms with E-state index in [1.807, 2.05) is 6.92 Å². The van der Waals surface area contributed by atoms with Crippen LogP contribution in [0.4, 0.5) is 26.3 Å². The lowest BCUT2D eigenvalue weighted by molar-refractivity contribution is -0.335. The van der Waals surface area contributed by atoms with Gasteiger partial charge in [-0.15, -0.1) is 12.4 Å². The van der Waals surface area contributed by atoms with Gasteiger partial charge in [0, 0.05) is 19.6 Å². The zero-order valence-corrected chi connectivity index (χ0v) is 12.4. The molecule has 0 spiro atoms. The van der Waals surface area contributed by atoms with Gasteiger partial charge in [-0.2, -0.15) is 26.3 Å². The molecule has 0 aliphatic carbocycles. The average molecular weight is 341 g/mol. The van der Waals surface area contributed by atoms with E-state index in [4.69, 9.17) is 0 Å². The molecule has 0 aromatic rings. The number of halogens is 7. The Kier molecular flexibility index (Phi) is 5.18. The number of nitrogens with zero attached hydrogens (tertiary/aromatic N) is 1. The van der Waals surface area contributed by atoms with Crippen molar-refractivity contribution >= 4 is 12.4 Å².